The van der Waals surface area contributed by atoms with E-state index < -0.39 is 5.82 Å². The Bertz CT molecular complexity index is 354. The third-order valence-electron chi connectivity index (χ3n) is 1.96. The molecule has 0 unspecified atom stereocenters. The summed E-state index contributed by atoms with van der Waals surface area (Å²) in [5.41, 5.74) is 0.948. The lowest BCUT2D eigenvalue weighted by molar-refractivity contribution is 0.0949. The highest BCUT2D eigenvalue weighted by molar-refractivity contribution is 6.17. The van der Waals surface area contributed by atoms with Crippen LogP contribution in [0, 0.1) is 12.7 Å². The van der Waals surface area contributed by atoms with Crippen LogP contribution >= 0.6 is 11.6 Å². The van der Waals surface area contributed by atoms with Gasteiger partial charge in [-0.2, -0.15) is 0 Å². The molecule has 1 aromatic carbocycles. The van der Waals surface area contributed by atoms with E-state index >= 15 is 0 Å². The highest BCUT2D eigenvalue weighted by Crippen LogP contribution is 2.09. The molecule has 82 valence electrons. The average Bonchev–Trinajstić information content (AvgIpc) is 2.22. The van der Waals surface area contributed by atoms with E-state index in [-0.39, 0.29) is 11.5 Å². The van der Waals surface area contributed by atoms with Gasteiger partial charge >= 0.3 is 0 Å². The Hall–Kier alpha value is -1.09. The Labute approximate surface area is 93.4 Å². The number of rotatable bonds is 4. The number of aryl methyl sites for hydroxylation is 1. The maximum atomic E-state index is 13.2. The summed E-state index contributed by atoms with van der Waals surface area (Å²) < 4.78 is 13.2. The summed E-state index contributed by atoms with van der Waals surface area (Å²) in [7, 11) is 0. The van der Waals surface area contributed by atoms with Gasteiger partial charge in [0.2, 0.25) is 0 Å². The van der Waals surface area contributed by atoms with Gasteiger partial charge in [0, 0.05) is 12.4 Å². The van der Waals surface area contributed by atoms with Crippen molar-refractivity contribution >= 4 is 17.5 Å². The molecule has 0 saturated heterocycles. The molecule has 0 aliphatic carbocycles. The molecule has 0 aliphatic rings. The zero-order valence-corrected chi connectivity index (χ0v) is 9.27. The monoisotopic (exact) mass is 229 g/mol. The third-order valence-corrected chi connectivity index (χ3v) is 2.23. The molecule has 0 spiro atoms. The van der Waals surface area contributed by atoms with Crippen LogP contribution in [0.3, 0.4) is 0 Å². The smallest absolute Gasteiger partial charge is 0.254 e. The van der Waals surface area contributed by atoms with Crippen molar-refractivity contribution in [2.24, 2.45) is 0 Å². The number of alkyl halides is 1. The lowest BCUT2D eigenvalue weighted by atomic mass is 10.1. The number of hydrogen-bond donors (Lipinski definition) is 1. The first kappa shape index (κ1) is 12.0. The van der Waals surface area contributed by atoms with Crippen LogP contribution in [0.25, 0.3) is 0 Å². The third kappa shape index (κ3) is 3.51. The number of nitrogens with one attached hydrogen (secondary N) is 1. The van der Waals surface area contributed by atoms with Crippen molar-refractivity contribution in [3.63, 3.8) is 0 Å². The van der Waals surface area contributed by atoms with Crippen molar-refractivity contribution in [1.29, 1.82) is 0 Å². The van der Waals surface area contributed by atoms with Gasteiger partial charge in [0.1, 0.15) is 5.82 Å². The summed E-state index contributed by atoms with van der Waals surface area (Å²) in [6.45, 7) is 2.28. The van der Waals surface area contributed by atoms with Crippen LogP contribution < -0.4 is 5.32 Å². The van der Waals surface area contributed by atoms with Crippen molar-refractivity contribution in [3.05, 3.63) is 35.1 Å². The summed E-state index contributed by atoms with van der Waals surface area (Å²) in [5.74, 6) is -0.401. The van der Waals surface area contributed by atoms with Gasteiger partial charge in [-0.3, -0.25) is 4.79 Å². The highest BCUT2D eigenvalue weighted by Gasteiger charge is 2.10. The van der Waals surface area contributed by atoms with E-state index in [4.69, 9.17) is 11.6 Å². The first-order valence-electron chi connectivity index (χ1n) is 4.75. The molecule has 0 aromatic heterocycles. The molecule has 1 rings (SSSR count). The van der Waals surface area contributed by atoms with Crippen LogP contribution in [0.1, 0.15) is 22.3 Å². The van der Waals surface area contributed by atoms with Gasteiger partial charge in [-0.25, -0.2) is 4.39 Å². The summed E-state index contributed by atoms with van der Waals surface area (Å²) >= 11 is 5.46. The number of carbonyl (C=O) groups excluding carboxylic acids is 1. The first-order chi connectivity index (χ1) is 7.15. The van der Waals surface area contributed by atoms with E-state index in [1.807, 2.05) is 6.92 Å². The summed E-state index contributed by atoms with van der Waals surface area (Å²) in [6.07, 6.45) is 0.681. The topological polar surface area (TPSA) is 29.1 Å². The molecule has 1 N–H and O–H groups in total. The predicted octanol–water partition coefficient (Wildman–Crippen LogP) is 2.49. The fourth-order valence-electron chi connectivity index (χ4n) is 1.18. The molecule has 1 aromatic rings. The lowest BCUT2D eigenvalue weighted by Gasteiger charge is -2.05. The Balaban J connectivity index is 2.68. The van der Waals surface area contributed by atoms with Crippen LogP contribution in [-0.2, 0) is 0 Å². The maximum Gasteiger partial charge on any atom is 0.254 e. The molecule has 0 fully saturated rings. The minimum atomic E-state index is -0.496. The van der Waals surface area contributed by atoms with Gasteiger partial charge in [0.15, 0.2) is 0 Å². The standard InChI is InChI=1S/C11H13ClFNO/c1-8-3-4-10(13)9(7-8)11(15)14-6-2-5-12/h3-4,7H,2,5-6H2,1H3,(H,14,15). The van der Waals surface area contributed by atoms with E-state index in [0.717, 1.165) is 5.56 Å². The largest absolute Gasteiger partial charge is 0.352 e. The second-order valence-electron chi connectivity index (χ2n) is 3.28. The van der Waals surface area contributed by atoms with Crippen LogP contribution in [0.15, 0.2) is 18.2 Å². The van der Waals surface area contributed by atoms with E-state index in [1.54, 1.807) is 6.07 Å². The Morgan fingerprint density at radius 3 is 2.93 bits per heavy atom. The number of halogens is 2. The van der Waals surface area contributed by atoms with Gasteiger partial charge < -0.3 is 5.32 Å². The van der Waals surface area contributed by atoms with Crippen LogP contribution in [0.4, 0.5) is 4.39 Å². The van der Waals surface area contributed by atoms with Crippen molar-refractivity contribution in [2.45, 2.75) is 13.3 Å². The minimum Gasteiger partial charge on any atom is -0.352 e. The van der Waals surface area contributed by atoms with Gasteiger partial charge in [0.25, 0.3) is 5.91 Å². The summed E-state index contributed by atoms with van der Waals surface area (Å²) in [6, 6.07) is 4.46. The van der Waals surface area contributed by atoms with E-state index in [2.05, 4.69) is 5.32 Å². The van der Waals surface area contributed by atoms with Crippen molar-refractivity contribution in [1.82, 2.24) is 5.32 Å². The Morgan fingerprint density at radius 2 is 2.27 bits per heavy atom. The molecular weight excluding hydrogens is 217 g/mol. The SMILES string of the molecule is Cc1ccc(F)c(C(=O)NCCCCl)c1. The first-order valence-corrected chi connectivity index (χ1v) is 5.29. The maximum absolute atomic E-state index is 13.2. The molecular formula is C11H13ClFNO. The Morgan fingerprint density at radius 1 is 1.53 bits per heavy atom. The molecule has 0 radical (unpaired) electrons. The molecule has 0 aliphatic heterocycles. The van der Waals surface area contributed by atoms with Gasteiger partial charge in [0.05, 0.1) is 5.56 Å². The molecule has 0 saturated carbocycles. The molecule has 0 heterocycles. The highest BCUT2D eigenvalue weighted by atomic mass is 35.5. The number of carbonyl (C=O) groups is 1. The number of hydrogen-bond acceptors (Lipinski definition) is 1. The van der Waals surface area contributed by atoms with Gasteiger partial charge in [-0.15, -0.1) is 11.6 Å². The average molecular weight is 230 g/mol. The van der Waals surface area contributed by atoms with Gasteiger partial charge in [-0.05, 0) is 25.5 Å². The molecule has 0 bridgehead atoms. The van der Waals surface area contributed by atoms with Crippen molar-refractivity contribution in [2.75, 3.05) is 12.4 Å². The lowest BCUT2D eigenvalue weighted by Crippen LogP contribution is -2.25. The van der Waals surface area contributed by atoms with Gasteiger partial charge in [-0.1, -0.05) is 11.6 Å². The molecule has 2 nitrogen and oxygen atoms in total. The van der Waals surface area contributed by atoms with E-state index in [9.17, 15) is 9.18 Å². The molecule has 4 heteroatoms. The number of amides is 1. The normalized spacial score (nSPS) is 10.1. The number of benzene rings is 1. The Kier molecular flexibility index (Phi) is 4.56. The van der Waals surface area contributed by atoms with Crippen molar-refractivity contribution < 1.29 is 9.18 Å². The fraction of sp³-hybridized carbons (Fsp3) is 0.364. The quantitative estimate of drug-likeness (QED) is 0.624. The second kappa shape index (κ2) is 5.71. The zero-order valence-electron chi connectivity index (χ0n) is 8.52. The van der Waals surface area contributed by atoms with E-state index in [0.29, 0.717) is 18.8 Å². The second-order valence-corrected chi connectivity index (χ2v) is 3.66. The summed E-state index contributed by atoms with van der Waals surface area (Å²) in [4.78, 5) is 11.5. The molecule has 15 heavy (non-hydrogen) atoms. The predicted molar refractivity (Wildman–Crippen MR) is 58.8 cm³/mol. The van der Waals surface area contributed by atoms with Crippen molar-refractivity contribution in [3.8, 4) is 0 Å². The zero-order chi connectivity index (χ0) is 11.3. The molecule has 1 amide bonds. The summed E-state index contributed by atoms with van der Waals surface area (Å²) in [5, 5.41) is 2.60. The van der Waals surface area contributed by atoms with Crippen LogP contribution in [-0.4, -0.2) is 18.3 Å². The fourth-order valence-corrected chi connectivity index (χ4v) is 1.31. The van der Waals surface area contributed by atoms with E-state index in [1.165, 1.54) is 12.1 Å². The molecule has 0 atom stereocenters. The van der Waals surface area contributed by atoms with Crippen LogP contribution in [0.2, 0.25) is 0 Å². The van der Waals surface area contributed by atoms with Crippen LogP contribution in [0.5, 0.6) is 0 Å². The minimum absolute atomic E-state index is 0.0876.